The van der Waals surface area contributed by atoms with E-state index in [0.717, 1.165) is 42.4 Å². The predicted octanol–water partition coefficient (Wildman–Crippen LogP) is 10.1. The molecule has 5 aromatic rings. The van der Waals surface area contributed by atoms with E-state index in [-0.39, 0.29) is 112 Å². The lowest BCUT2D eigenvalue weighted by Crippen LogP contribution is -2.53. The Morgan fingerprint density at radius 3 is 2.26 bits per heavy atom. The SMILES string of the molecule is NCOc1cc(CCC(=O)[C@H]2C[C@@H](Cc3ccc(O)cc3O)[C@H]3C[C@H]4C[C@H]([C@]5(c6ccccc6)CCCC6(CCCC6)C5)[C@H](c5cc(O)c(O)c(OCc6cccc(O)c6)c54)[C@@H]3[C@H]2O)ccc1O. The molecule has 6 aliphatic rings. The van der Waals surface area contributed by atoms with Gasteiger partial charge in [0.25, 0.3) is 0 Å². The highest BCUT2D eigenvalue weighted by Gasteiger charge is 2.62. The third-order valence-corrected chi connectivity index (χ3v) is 17.4. The van der Waals surface area contributed by atoms with Gasteiger partial charge in [-0.15, -0.1) is 0 Å². The van der Waals surface area contributed by atoms with Gasteiger partial charge in [0.2, 0.25) is 5.75 Å². The van der Waals surface area contributed by atoms with Crippen LogP contribution in [0.15, 0.2) is 97.1 Å². The summed E-state index contributed by atoms with van der Waals surface area (Å²) in [5, 5.41) is 79.3. The summed E-state index contributed by atoms with van der Waals surface area (Å²) in [6.45, 7) is -0.0865. The number of aromatic hydroxyl groups is 6. The van der Waals surface area contributed by atoms with Crippen molar-refractivity contribution in [3.63, 3.8) is 0 Å². The average molecular weight is 924 g/mol. The molecule has 4 fully saturated rings. The van der Waals surface area contributed by atoms with Crippen LogP contribution in [0.3, 0.4) is 0 Å². The van der Waals surface area contributed by atoms with E-state index in [1.807, 2.05) is 6.07 Å². The molecule has 11 rings (SSSR count). The molecule has 11 nitrogen and oxygen atoms in total. The van der Waals surface area contributed by atoms with Crippen molar-refractivity contribution in [2.75, 3.05) is 6.73 Å². The number of hydrogen-bond donors (Lipinski definition) is 8. The third-order valence-electron chi connectivity index (χ3n) is 17.4. The number of phenols is 6. The number of aliphatic hydroxyl groups is 1. The Morgan fingerprint density at radius 2 is 1.50 bits per heavy atom. The summed E-state index contributed by atoms with van der Waals surface area (Å²) >= 11 is 0. The zero-order chi connectivity index (χ0) is 47.3. The molecule has 9 atom stereocenters. The van der Waals surface area contributed by atoms with Crippen molar-refractivity contribution in [2.24, 2.45) is 40.7 Å². The second-order valence-electron chi connectivity index (χ2n) is 21.0. The summed E-state index contributed by atoms with van der Waals surface area (Å²) in [6, 6.07) is 29.1. The van der Waals surface area contributed by atoms with Crippen molar-refractivity contribution in [3.05, 3.63) is 130 Å². The monoisotopic (exact) mass is 923 g/mol. The van der Waals surface area contributed by atoms with Crippen molar-refractivity contribution in [3.8, 4) is 46.0 Å². The third kappa shape index (κ3) is 8.40. The molecule has 0 amide bonds. The fraction of sp³-hybridized carbons (Fsp3) is 0.456. The van der Waals surface area contributed by atoms with Crippen molar-refractivity contribution >= 4 is 5.78 Å². The van der Waals surface area contributed by atoms with Gasteiger partial charge < -0.3 is 45.2 Å². The first-order chi connectivity index (χ1) is 32.9. The van der Waals surface area contributed by atoms with Crippen LogP contribution in [0.4, 0.5) is 0 Å². The molecule has 0 radical (unpaired) electrons. The summed E-state index contributed by atoms with van der Waals surface area (Å²) in [5.74, 6) is -2.40. The van der Waals surface area contributed by atoms with Crippen LogP contribution in [-0.2, 0) is 29.7 Å². The van der Waals surface area contributed by atoms with E-state index in [2.05, 4.69) is 30.3 Å². The number of ether oxygens (including phenoxy) is 2. The average Bonchev–Trinajstić information content (AvgIpc) is 3.62. The lowest BCUT2D eigenvalue weighted by atomic mass is 9.47. The number of aliphatic hydroxyl groups excluding tert-OH is 1. The molecule has 1 spiro atoms. The molecule has 5 aromatic carbocycles. The fourth-order valence-electron chi connectivity index (χ4n) is 14.7. The molecule has 0 aromatic heterocycles. The molecule has 0 saturated heterocycles. The van der Waals surface area contributed by atoms with Crippen LogP contribution in [0.5, 0.6) is 46.0 Å². The molecule has 0 unspecified atom stereocenters. The molecule has 0 aliphatic heterocycles. The molecule has 9 N–H and O–H groups in total. The molecule has 2 bridgehead atoms. The largest absolute Gasteiger partial charge is 0.508 e. The number of benzene rings is 5. The number of carbonyl (C=O) groups is 1. The Labute approximate surface area is 398 Å². The molecule has 4 saturated carbocycles. The van der Waals surface area contributed by atoms with Crippen LogP contribution in [0, 0.1) is 35.0 Å². The number of phenolic OH excluding ortho intramolecular Hbond substituents is 6. The molecular formula is C57H65NO10. The number of fused-ring (bicyclic) bond motifs is 1. The number of hydrogen-bond acceptors (Lipinski definition) is 11. The lowest BCUT2D eigenvalue weighted by Gasteiger charge is -2.57. The second kappa shape index (κ2) is 18.5. The minimum absolute atomic E-state index is 0.0118. The van der Waals surface area contributed by atoms with Crippen LogP contribution in [-0.4, -0.2) is 54.4 Å². The van der Waals surface area contributed by atoms with Gasteiger partial charge in [-0.1, -0.05) is 73.9 Å². The van der Waals surface area contributed by atoms with E-state index in [1.54, 1.807) is 48.5 Å². The van der Waals surface area contributed by atoms with Crippen LogP contribution >= 0.6 is 0 Å². The first-order valence-electron chi connectivity index (χ1n) is 24.8. The van der Waals surface area contributed by atoms with Gasteiger partial charge in [0.05, 0.1) is 6.10 Å². The highest BCUT2D eigenvalue weighted by Crippen LogP contribution is 2.70. The van der Waals surface area contributed by atoms with Gasteiger partial charge >= 0.3 is 0 Å². The Morgan fingerprint density at radius 1 is 0.721 bits per heavy atom. The predicted molar refractivity (Wildman–Crippen MR) is 257 cm³/mol. The zero-order valence-electron chi connectivity index (χ0n) is 38.6. The minimum Gasteiger partial charge on any atom is -0.508 e. The molecule has 68 heavy (non-hydrogen) atoms. The van der Waals surface area contributed by atoms with Crippen LogP contribution in [0.25, 0.3) is 0 Å². The molecule has 0 heterocycles. The smallest absolute Gasteiger partial charge is 0.200 e. The maximum absolute atomic E-state index is 15.0. The van der Waals surface area contributed by atoms with Crippen molar-refractivity contribution in [1.82, 2.24) is 0 Å². The summed E-state index contributed by atoms with van der Waals surface area (Å²) in [4.78, 5) is 15.0. The van der Waals surface area contributed by atoms with Crippen molar-refractivity contribution in [1.29, 1.82) is 0 Å². The van der Waals surface area contributed by atoms with Gasteiger partial charge in [-0.2, -0.15) is 0 Å². The molecular weight excluding hydrogens is 859 g/mol. The van der Waals surface area contributed by atoms with E-state index in [9.17, 15) is 40.5 Å². The number of ketones is 1. The summed E-state index contributed by atoms with van der Waals surface area (Å²) in [6.07, 6.45) is 10.6. The number of aryl methyl sites for hydroxylation is 1. The van der Waals surface area contributed by atoms with Crippen molar-refractivity contribution < 1.29 is 50.0 Å². The van der Waals surface area contributed by atoms with Crippen molar-refractivity contribution in [2.45, 2.75) is 120 Å². The van der Waals surface area contributed by atoms with Gasteiger partial charge in [-0.05, 0) is 175 Å². The molecule has 6 aliphatic carbocycles. The van der Waals surface area contributed by atoms with Gasteiger partial charge in [-0.25, -0.2) is 0 Å². The van der Waals surface area contributed by atoms with Gasteiger partial charge in [-0.3, -0.25) is 10.5 Å². The quantitative estimate of drug-likeness (QED) is 0.0412. The minimum atomic E-state index is -1.06. The molecule has 358 valence electrons. The second-order valence-corrected chi connectivity index (χ2v) is 21.0. The van der Waals surface area contributed by atoms with Gasteiger partial charge in [0.15, 0.2) is 23.0 Å². The first-order valence-corrected chi connectivity index (χ1v) is 24.8. The number of rotatable bonds is 13. The summed E-state index contributed by atoms with van der Waals surface area (Å²) in [7, 11) is 0. The van der Waals surface area contributed by atoms with E-state index in [1.165, 1.54) is 49.8 Å². The van der Waals surface area contributed by atoms with E-state index in [0.29, 0.717) is 36.8 Å². The number of Topliss-reactive ketones (excluding diaryl/α,β-unsaturated/α-hetero) is 1. The Hall–Kier alpha value is -5.91. The standard InChI is InChI=1S/C57H65NO10/c58-32-68-49-23-33(13-17-46(49)62)12-16-45(61)42-25-36(24-35-14-15-40(60)28-47(35)63)41-26-37-27-44(57(38-9-2-1-3-10-38)21-7-20-56(31-57)18-4-5-19-56)51(52(41)53(42)65)43-29-48(64)54(66)55(50(37)43)67-30-34-8-6-11-39(59)22-34/h1-3,6,8-11,13-15,17,22-23,28-29,36-37,41-42,44,51-53,59-60,62-66H,4-5,7,12,16,18-21,24-27,30-32,58H2/t36-,37+,41-,42-,44+,51+,52-,53+,57-/m1/s1. The van der Waals surface area contributed by atoms with E-state index < -0.39 is 17.9 Å². The Balaban J connectivity index is 1.13. The zero-order valence-corrected chi connectivity index (χ0v) is 38.6. The van der Waals surface area contributed by atoms with Crippen LogP contribution in [0.1, 0.15) is 122 Å². The van der Waals surface area contributed by atoms with Crippen LogP contribution < -0.4 is 15.2 Å². The van der Waals surface area contributed by atoms with E-state index in [4.69, 9.17) is 15.2 Å². The summed E-state index contributed by atoms with van der Waals surface area (Å²) < 4.78 is 12.0. The maximum atomic E-state index is 15.0. The number of carbonyl (C=O) groups excluding carboxylic acids is 1. The Kier molecular flexibility index (Phi) is 12.5. The highest BCUT2D eigenvalue weighted by molar-refractivity contribution is 5.82. The van der Waals surface area contributed by atoms with E-state index >= 15 is 0 Å². The lowest BCUT2D eigenvalue weighted by molar-refractivity contribution is -0.136. The maximum Gasteiger partial charge on any atom is 0.200 e. The summed E-state index contributed by atoms with van der Waals surface area (Å²) in [5.41, 5.74) is 10.6. The molecule has 11 heteroatoms. The van der Waals surface area contributed by atoms with Gasteiger partial charge in [0.1, 0.15) is 36.4 Å². The topological polar surface area (TPSA) is 203 Å². The first kappa shape index (κ1) is 45.9. The van der Waals surface area contributed by atoms with Crippen LogP contribution in [0.2, 0.25) is 0 Å². The Bertz CT molecular complexity index is 2640. The highest BCUT2D eigenvalue weighted by atomic mass is 16.5. The fourth-order valence-corrected chi connectivity index (χ4v) is 14.7. The number of nitrogens with two attached hydrogens (primary N) is 1. The normalized spacial score (nSPS) is 28.1. The van der Waals surface area contributed by atoms with Gasteiger partial charge in [0, 0.05) is 24.0 Å².